The summed E-state index contributed by atoms with van der Waals surface area (Å²) >= 11 is 0. The van der Waals surface area contributed by atoms with E-state index in [0.29, 0.717) is 0 Å². The molecule has 0 aromatic carbocycles. The van der Waals surface area contributed by atoms with Gasteiger partial charge in [0, 0.05) is 142 Å². The van der Waals surface area contributed by atoms with E-state index in [4.69, 9.17) is 0 Å². The molecule has 15 valence electrons. The molecule has 4 heavy (non-hydrogen) atoms. The Morgan fingerprint density at radius 1 is 0.500 bits per heavy atom. The Kier molecular flexibility index (Phi) is 91.4. The largest absolute Gasteiger partial charge is 0 e. The van der Waals surface area contributed by atoms with Crippen LogP contribution in [0.15, 0.2) is 0 Å². The molecule has 4 heteroatoms. The van der Waals surface area contributed by atoms with Crippen LogP contribution in [0.4, 0.5) is 0 Å². The van der Waals surface area contributed by atoms with Crippen LogP contribution in [0.2, 0.25) is 0 Å². The molecule has 0 aliphatic heterocycles. The molecule has 0 amide bonds. The van der Waals surface area contributed by atoms with Crippen molar-refractivity contribution in [2.24, 2.45) is 0 Å². The van der Waals surface area contributed by atoms with Gasteiger partial charge in [-0.3, -0.25) is 0 Å². The van der Waals surface area contributed by atoms with E-state index in [1.54, 1.807) is 0 Å². The Balaban J connectivity index is 0. The molecule has 0 bridgehead atoms. The van der Waals surface area contributed by atoms with Crippen LogP contribution in [0.5, 0.6) is 0 Å². The summed E-state index contributed by atoms with van der Waals surface area (Å²) < 4.78 is 0. The number of hydrogen-bond donors (Lipinski definition) is 0. The zero-order valence-corrected chi connectivity index (χ0v) is 14.1. The zero-order chi connectivity index (χ0) is 0. The van der Waals surface area contributed by atoms with Gasteiger partial charge >= 0.3 is 0 Å². The smallest absolute Gasteiger partial charge is 0 e. The molecule has 0 aromatic rings. The van der Waals surface area contributed by atoms with Crippen molar-refractivity contribution in [1.82, 2.24) is 0 Å². The van der Waals surface area contributed by atoms with Crippen molar-refractivity contribution < 1.29 is 123 Å². The summed E-state index contributed by atoms with van der Waals surface area (Å²) in [6.07, 6.45) is 0. The third-order valence-electron chi connectivity index (χ3n) is 0. The summed E-state index contributed by atoms with van der Waals surface area (Å²) in [7, 11) is 0. The second-order valence-electron chi connectivity index (χ2n) is 0. The topological polar surface area (TPSA) is 0 Å². The van der Waals surface area contributed by atoms with E-state index in [-0.39, 0.29) is 142 Å². The fourth-order valence-corrected chi connectivity index (χ4v) is 0. The maximum Gasteiger partial charge on any atom is 0 e. The minimum absolute atomic E-state index is 0. The molecule has 0 aliphatic carbocycles. The Morgan fingerprint density at radius 3 is 0.500 bits per heavy atom. The summed E-state index contributed by atoms with van der Waals surface area (Å²) in [5, 5.41) is 0. The Labute approximate surface area is 138 Å². The van der Waals surface area contributed by atoms with Crippen molar-refractivity contribution in [3.05, 3.63) is 0 Å². The van der Waals surface area contributed by atoms with E-state index < -0.39 is 0 Å². The maximum atomic E-state index is 0. The van der Waals surface area contributed by atoms with Gasteiger partial charge in [0.05, 0.1) is 0 Å². The molecular weight excluding hydrogens is 502 g/mol. The van der Waals surface area contributed by atoms with Crippen molar-refractivity contribution in [1.29, 1.82) is 0 Å². The molecule has 0 spiro atoms. The zero-order valence-electron chi connectivity index (χ0n) is 2.08. The molecule has 0 N–H and O–H groups in total. The van der Waals surface area contributed by atoms with Gasteiger partial charge in [-0.2, -0.15) is 0 Å². The van der Waals surface area contributed by atoms with Crippen molar-refractivity contribution in [2.45, 2.75) is 0 Å². The summed E-state index contributed by atoms with van der Waals surface area (Å²) in [5.74, 6) is 0. The van der Waals surface area contributed by atoms with Crippen LogP contribution in [-0.2, 0) is 0 Å². The molecule has 0 unspecified atom stereocenters. The predicted octanol–water partition coefficient (Wildman–Crippen LogP) is -0.381. The van der Waals surface area contributed by atoms with E-state index in [1.165, 1.54) is 0 Å². The van der Waals surface area contributed by atoms with Crippen LogP contribution in [-0.4, -0.2) is 19.8 Å². The number of rotatable bonds is 0. The fraction of sp³-hybridized carbons (Fsp3) is 0. The van der Waals surface area contributed by atoms with Crippen LogP contribution in [0.3, 0.4) is 0 Å². The van der Waals surface area contributed by atoms with Crippen LogP contribution < -0.4 is 0 Å². The van der Waals surface area contributed by atoms with Crippen molar-refractivity contribution in [2.75, 3.05) is 0 Å². The maximum absolute atomic E-state index is 0. The first kappa shape index (κ1) is 23.4. The minimum atomic E-state index is 0. The van der Waals surface area contributed by atoms with Gasteiger partial charge < -0.3 is 0 Å². The van der Waals surface area contributed by atoms with Gasteiger partial charge in [-0.05, 0) is 0 Å². The van der Waals surface area contributed by atoms with E-state index in [1.807, 2.05) is 0 Å². The molecule has 3 radical (unpaired) electrons. The van der Waals surface area contributed by atoms with Gasteiger partial charge in [0.2, 0.25) is 0 Å². The predicted molar refractivity (Wildman–Crippen MR) is 5.75 cm³/mol. The summed E-state index contributed by atoms with van der Waals surface area (Å²) in [6.45, 7) is 0. The van der Waals surface area contributed by atoms with E-state index >= 15 is 0 Å². The molecular formula is GaNd3. The third kappa shape index (κ3) is 9.85. The van der Waals surface area contributed by atoms with Crippen molar-refractivity contribution in [3.8, 4) is 0 Å². The standard InChI is InChI=1S/Ga.3Nd. The van der Waals surface area contributed by atoms with E-state index in [2.05, 4.69) is 0 Å². The van der Waals surface area contributed by atoms with Crippen molar-refractivity contribution >= 4 is 19.8 Å². The Morgan fingerprint density at radius 2 is 0.500 bits per heavy atom. The van der Waals surface area contributed by atoms with Gasteiger partial charge in [-0.15, -0.1) is 0 Å². The molecule has 0 nitrogen and oxygen atoms in total. The van der Waals surface area contributed by atoms with Crippen LogP contribution in [0.1, 0.15) is 0 Å². The summed E-state index contributed by atoms with van der Waals surface area (Å²) in [6, 6.07) is 0. The van der Waals surface area contributed by atoms with Gasteiger partial charge in [-0.25, -0.2) is 0 Å². The monoisotopic (exact) mass is 495 g/mol. The average molecular weight is 502 g/mol. The number of hydrogen-bond acceptors (Lipinski definition) is 0. The van der Waals surface area contributed by atoms with Gasteiger partial charge in [0.1, 0.15) is 0 Å². The third-order valence-corrected chi connectivity index (χ3v) is 0. The molecule has 0 heterocycles. The van der Waals surface area contributed by atoms with Crippen LogP contribution in [0.25, 0.3) is 0 Å². The molecule has 0 saturated heterocycles. The Bertz CT molecular complexity index is 3.25. The quantitative estimate of drug-likeness (QED) is 0.397. The van der Waals surface area contributed by atoms with Gasteiger partial charge in [-0.1, -0.05) is 0 Å². The van der Waals surface area contributed by atoms with E-state index in [9.17, 15) is 0 Å². The van der Waals surface area contributed by atoms with Crippen LogP contribution in [0, 0.1) is 123 Å². The summed E-state index contributed by atoms with van der Waals surface area (Å²) in [4.78, 5) is 0. The first-order chi connectivity index (χ1) is 0. The van der Waals surface area contributed by atoms with Crippen molar-refractivity contribution in [3.63, 3.8) is 0 Å². The average Bonchev–Trinajstić information content (AvgIpc) is 0. The first-order valence-electron chi connectivity index (χ1n) is 0. The van der Waals surface area contributed by atoms with Gasteiger partial charge in [0.15, 0.2) is 0 Å². The van der Waals surface area contributed by atoms with Gasteiger partial charge in [0.25, 0.3) is 0 Å². The molecule has 0 fully saturated rings. The molecule has 0 atom stereocenters. The fourth-order valence-electron chi connectivity index (χ4n) is 0. The molecule has 0 aromatic heterocycles. The second-order valence-corrected chi connectivity index (χ2v) is 0. The summed E-state index contributed by atoms with van der Waals surface area (Å²) in [5.41, 5.74) is 0. The Hall–Kier alpha value is 4.69. The second kappa shape index (κ2) is 15.6. The minimum Gasteiger partial charge on any atom is 0 e. The normalized spacial score (nSPS) is 0. The van der Waals surface area contributed by atoms with Crippen LogP contribution >= 0.6 is 0 Å². The molecule has 0 saturated carbocycles. The first-order valence-corrected chi connectivity index (χ1v) is 0. The van der Waals surface area contributed by atoms with E-state index in [0.717, 1.165) is 0 Å². The molecule has 0 aliphatic rings. The molecule has 0 rings (SSSR count). The SMILES string of the molecule is [Ga].[Nd].[Nd].[Nd].